The first-order valence-corrected chi connectivity index (χ1v) is 13.0. The highest BCUT2D eigenvalue weighted by molar-refractivity contribution is 14.1. The molecule has 4 fully saturated rings. The van der Waals surface area contributed by atoms with Crippen LogP contribution in [0.25, 0.3) is 5.69 Å². The number of rotatable bonds is 4. The minimum atomic E-state index is -0.670. The Kier molecular flexibility index (Phi) is 5.28. The van der Waals surface area contributed by atoms with Gasteiger partial charge in [0.15, 0.2) is 0 Å². The van der Waals surface area contributed by atoms with E-state index < -0.39 is 17.1 Å². The summed E-state index contributed by atoms with van der Waals surface area (Å²) in [6.45, 7) is 0. The Morgan fingerprint density at radius 1 is 0.941 bits per heavy atom. The maximum absolute atomic E-state index is 12.6. The third-order valence-corrected chi connectivity index (χ3v) is 8.79. The summed E-state index contributed by atoms with van der Waals surface area (Å²) in [5.41, 5.74) is 1.38. The van der Waals surface area contributed by atoms with E-state index in [4.69, 9.17) is 0 Å². The lowest BCUT2D eigenvalue weighted by Gasteiger charge is -2.57. The van der Waals surface area contributed by atoms with Crippen molar-refractivity contribution in [2.24, 2.45) is 22.7 Å². The number of hydrogen-bond acceptors (Lipinski definition) is 4. The molecule has 2 aromatic carbocycles. The minimum Gasteiger partial charge on any atom is -0.493 e. The molecule has 6 nitrogen and oxygen atoms in total. The van der Waals surface area contributed by atoms with Crippen LogP contribution in [-0.2, 0) is 5.41 Å². The van der Waals surface area contributed by atoms with E-state index in [0.717, 1.165) is 25.9 Å². The first kappa shape index (κ1) is 21.8. The predicted molar refractivity (Wildman–Crippen MR) is 141 cm³/mol. The zero-order chi connectivity index (χ0) is 23.4. The van der Waals surface area contributed by atoms with Crippen LogP contribution < -0.4 is 11.2 Å². The SMILES string of the molecule is O=c1[nH]c(=O)n(-c2ccc(C34CC5CC(CC(C5)C3)C4)cc2)c(O)c1C=Nc1ccc(I)cc1. The molecule has 174 valence electrons. The summed E-state index contributed by atoms with van der Waals surface area (Å²) in [7, 11) is 0. The van der Waals surface area contributed by atoms with Crippen LogP contribution >= 0.6 is 22.6 Å². The third-order valence-electron chi connectivity index (χ3n) is 8.07. The standard InChI is InChI=1S/C27H26IN3O3/c28-20-3-5-21(6-4-20)29-15-23-24(32)30-26(34)31(25(23)33)22-7-1-19(2-8-22)27-12-16-9-17(13-27)11-18(10-16)14-27/h1-8,15-18,33H,9-14H2,(H,30,32,34). The second-order valence-corrected chi connectivity index (χ2v) is 11.6. The van der Waals surface area contributed by atoms with Crippen LogP contribution in [0.15, 0.2) is 63.1 Å². The van der Waals surface area contributed by atoms with Crippen LogP contribution in [0.1, 0.15) is 49.7 Å². The van der Waals surface area contributed by atoms with E-state index in [0.29, 0.717) is 11.4 Å². The van der Waals surface area contributed by atoms with Gasteiger partial charge >= 0.3 is 5.69 Å². The molecule has 1 heterocycles. The Morgan fingerprint density at radius 2 is 1.53 bits per heavy atom. The minimum absolute atomic E-state index is 0.0525. The molecule has 0 unspecified atom stereocenters. The fraction of sp³-hybridized carbons (Fsp3) is 0.370. The molecular formula is C27H26IN3O3. The van der Waals surface area contributed by atoms with E-state index in [1.807, 2.05) is 36.4 Å². The molecule has 4 saturated carbocycles. The lowest BCUT2D eigenvalue weighted by molar-refractivity contribution is -0.00518. The predicted octanol–water partition coefficient (Wildman–Crippen LogP) is 5.05. The number of halogens is 1. The number of aromatic hydroxyl groups is 1. The van der Waals surface area contributed by atoms with Crippen LogP contribution in [0, 0.1) is 21.3 Å². The van der Waals surface area contributed by atoms with Gasteiger partial charge < -0.3 is 5.11 Å². The molecule has 34 heavy (non-hydrogen) atoms. The number of benzene rings is 2. The van der Waals surface area contributed by atoms with E-state index in [2.05, 4.69) is 44.7 Å². The summed E-state index contributed by atoms with van der Waals surface area (Å²) in [5, 5.41) is 10.9. The topological polar surface area (TPSA) is 87.5 Å². The maximum atomic E-state index is 12.6. The zero-order valence-corrected chi connectivity index (χ0v) is 20.9. The van der Waals surface area contributed by atoms with Gasteiger partial charge in [0, 0.05) is 9.78 Å². The van der Waals surface area contributed by atoms with Crippen LogP contribution in [0.4, 0.5) is 5.69 Å². The molecule has 4 aliphatic carbocycles. The quantitative estimate of drug-likeness (QED) is 0.342. The Morgan fingerprint density at radius 3 is 2.12 bits per heavy atom. The van der Waals surface area contributed by atoms with Gasteiger partial charge in [0.25, 0.3) is 5.56 Å². The van der Waals surface area contributed by atoms with Crippen LogP contribution in [-0.4, -0.2) is 20.9 Å². The van der Waals surface area contributed by atoms with E-state index in [1.54, 1.807) is 0 Å². The van der Waals surface area contributed by atoms with Crippen molar-refractivity contribution in [2.75, 3.05) is 0 Å². The Labute approximate surface area is 210 Å². The smallest absolute Gasteiger partial charge is 0.335 e. The molecule has 0 aliphatic heterocycles. The second-order valence-electron chi connectivity index (χ2n) is 10.3. The van der Waals surface area contributed by atoms with Crippen LogP contribution in [0.5, 0.6) is 5.88 Å². The summed E-state index contributed by atoms with van der Waals surface area (Å²) in [5.74, 6) is 2.15. The molecule has 0 atom stereocenters. The van der Waals surface area contributed by atoms with E-state index in [1.165, 1.54) is 50.3 Å². The number of aromatic amines is 1. The Bertz CT molecular complexity index is 1350. The number of hydrogen-bond donors (Lipinski definition) is 2. The summed E-state index contributed by atoms with van der Waals surface area (Å²) in [6.07, 6.45) is 9.28. The normalized spacial score (nSPS) is 27.5. The molecule has 0 spiro atoms. The van der Waals surface area contributed by atoms with Crippen molar-refractivity contribution in [2.45, 2.75) is 43.9 Å². The van der Waals surface area contributed by atoms with Gasteiger partial charge in [-0.15, -0.1) is 0 Å². The molecule has 7 heteroatoms. The molecule has 7 rings (SSSR count). The van der Waals surface area contributed by atoms with Crippen LogP contribution in [0.3, 0.4) is 0 Å². The largest absolute Gasteiger partial charge is 0.493 e. The molecule has 3 aromatic rings. The highest BCUT2D eigenvalue weighted by Gasteiger charge is 2.51. The van der Waals surface area contributed by atoms with Crippen molar-refractivity contribution in [3.8, 4) is 11.6 Å². The van der Waals surface area contributed by atoms with Crippen molar-refractivity contribution in [3.05, 3.63) is 84.1 Å². The van der Waals surface area contributed by atoms with Crippen molar-refractivity contribution in [1.82, 2.24) is 9.55 Å². The molecule has 4 aliphatic rings. The average molecular weight is 567 g/mol. The van der Waals surface area contributed by atoms with Gasteiger partial charge in [0.05, 0.1) is 11.4 Å². The second kappa shape index (κ2) is 8.22. The summed E-state index contributed by atoms with van der Waals surface area (Å²) < 4.78 is 2.21. The fourth-order valence-electron chi connectivity index (χ4n) is 6.99. The molecule has 2 N–H and O–H groups in total. The van der Waals surface area contributed by atoms with Crippen molar-refractivity contribution in [3.63, 3.8) is 0 Å². The lowest BCUT2D eigenvalue weighted by atomic mass is 9.48. The first-order chi connectivity index (χ1) is 16.4. The van der Waals surface area contributed by atoms with Crippen molar-refractivity contribution >= 4 is 34.5 Å². The molecule has 0 amide bonds. The van der Waals surface area contributed by atoms with E-state index in [-0.39, 0.29) is 11.0 Å². The Hall–Kier alpha value is -2.68. The van der Waals surface area contributed by atoms with Crippen LogP contribution in [0.2, 0.25) is 0 Å². The number of aliphatic imine (C=N–C) groups is 1. The molecule has 1 aromatic heterocycles. The number of H-pyrrole nitrogens is 1. The molecule has 0 saturated heterocycles. The summed E-state index contributed by atoms with van der Waals surface area (Å²) in [6, 6.07) is 15.4. The summed E-state index contributed by atoms with van der Waals surface area (Å²) in [4.78, 5) is 31.7. The van der Waals surface area contributed by atoms with Crippen molar-refractivity contribution in [1.29, 1.82) is 0 Å². The van der Waals surface area contributed by atoms with Gasteiger partial charge in [-0.05, 0) is 126 Å². The first-order valence-electron chi connectivity index (χ1n) is 11.9. The molecule has 0 radical (unpaired) electrons. The summed E-state index contributed by atoms with van der Waals surface area (Å²) >= 11 is 2.20. The molecule has 4 bridgehead atoms. The van der Waals surface area contributed by atoms with Gasteiger partial charge in [-0.3, -0.25) is 14.8 Å². The monoisotopic (exact) mass is 567 g/mol. The van der Waals surface area contributed by atoms with E-state index in [9.17, 15) is 14.7 Å². The van der Waals surface area contributed by atoms with Gasteiger partial charge in [-0.2, -0.15) is 0 Å². The highest BCUT2D eigenvalue weighted by Crippen LogP contribution is 2.60. The number of aromatic nitrogens is 2. The number of nitrogens with one attached hydrogen (secondary N) is 1. The van der Waals surface area contributed by atoms with Gasteiger partial charge in [-0.1, -0.05) is 12.1 Å². The molecular weight excluding hydrogens is 541 g/mol. The fourth-order valence-corrected chi connectivity index (χ4v) is 7.35. The van der Waals surface area contributed by atoms with Gasteiger partial charge in [0.1, 0.15) is 5.56 Å². The zero-order valence-electron chi connectivity index (χ0n) is 18.7. The van der Waals surface area contributed by atoms with Gasteiger partial charge in [0.2, 0.25) is 5.88 Å². The van der Waals surface area contributed by atoms with Gasteiger partial charge in [-0.25, -0.2) is 9.36 Å². The Balaban J connectivity index is 1.34. The van der Waals surface area contributed by atoms with Crippen molar-refractivity contribution < 1.29 is 5.11 Å². The maximum Gasteiger partial charge on any atom is 0.335 e. The lowest BCUT2D eigenvalue weighted by Crippen LogP contribution is -2.48. The average Bonchev–Trinajstić information content (AvgIpc) is 2.79. The van der Waals surface area contributed by atoms with E-state index >= 15 is 0 Å². The number of nitrogens with zero attached hydrogens (tertiary/aromatic N) is 2. The highest BCUT2D eigenvalue weighted by atomic mass is 127. The third kappa shape index (κ3) is 3.74.